The predicted octanol–water partition coefficient (Wildman–Crippen LogP) is 2.50. The van der Waals surface area contributed by atoms with Crippen LogP contribution in [0.2, 0.25) is 0 Å². The average Bonchev–Trinajstić information content (AvgIpc) is 2.66. The highest BCUT2D eigenvalue weighted by atomic mass is 16.6. The summed E-state index contributed by atoms with van der Waals surface area (Å²) in [6, 6.07) is -0.722. The molecule has 1 unspecified atom stereocenters. The molecule has 0 bridgehead atoms. The van der Waals surface area contributed by atoms with Crippen molar-refractivity contribution in [2.24, 2.45) is 0 Å². The molecule has 0 saturated carbocycles. The standard InChI is InChI=1S/C10H17NO4.C2H6/c1-10(2,3)15-9(14)11-6-4-5-7(11)8(12)13;1-2/h7H,4-6H2,1-3H3,(H,12,13);1-2H3. The summed E-state index contributed by atoms with van der Waals surface area (Å²) in [5.74, 6) is -0.960. The maximum absolute atomic E-state index is 11.6. The zero-order chi connectivity index (χ0) is 13.6. The highest BCUT2D eigenvalue weighted by Crippen LogP contribution is 2.20. The zero-order valence-electron chi connectivity index (χ0n) is 11.3. The lowest BCUT2D eigenvalue weighted by Crippen LogP contribution is -2.43. The van der Waals surface area contributed by atoms with E-state index in [4.69, 9.17) is 9.84 Å². The number of hydrogen-bond acceptors (Lipinski definition) is 3. The Labute approximate surface area is 103 Å². The number of carbonyl (C=O) groups is 2. The summed E-state index contributed by atoms with van der Waals surface area (Å²) < 4.78 is 5.13. The number of ether oxygens (including phenoxy) is 1. The Hall–Kier alpha value is -1.26. The number of carboxylic acid groups (broad SMARTS) is 1. The van der Waals surface area contributed by atoms with E-state index in [9.17, 15) is 9.59 Å². The second kappa shape index (κ2) is 6.47. The Balaban J connectivity index is 0.00000121. The molecule has 0 aromatic heterocycles. The van der Waals surface area contributed by atoms with Crippen molar-refractivity contribution < 1.29 is 19.4 Å². The van der Waals surface area contributed by atoms with Gasteiger partial charge >= 0.3 is 12.1 Å². The Kier molecular flexibility index (Phi) is 5.99. The SMILES string of the molecule is CC.CC(C)(C)OC(=O)N1CCCC1C(=O)O. The van der Waals surface area contributed by atoms with Crippen LogP contribution in [-0.2, 0) is 9.53 Å². The van der Waals surface area contributed by atoms with Crippen LogP contribution in [0.5, 0.6) is 0 Å². The number of likely N-dealkylation sites (tertiary alicyclic amines) is 1. The average molecular weight is 245 g/mol. The van der Waals surface area contributed by atoms with Crippen LogP contribution in [0.25, 0.3) is 0 Å². The Morgan fingerprint density at radius 3 is 2.24 bits per heavy atom. The zero-order valence-corrected chi connectivity index (χ0v) is 11.3. The largest absolute Gasteiger partial charge is 0.480 e. The molecule has 1 saturated heterocycles. The van der Waals surface area contributed by atoms with Crippen molar-refractivity contribution in [3.05, 3.63) is 0 Å². The molecule has 5 heteroatoms. The van der Waals surface area contributed by atoms with Crippen LogP contribution >= 0.6 is 0 Å². The third-order valence-corrected chi connectivity index (χ3v) is 2.17. The topological polar surface area (TPSA) is 66.8 Å². The lowest BCUT2D eigenvalue weighted by Gasteiger charge is -2.26. The molecule has 5 nitrogen and oxygen atoms in total. The lowest BCUT2D eigenvalue weighted by atomic mass is 10.2. The molecule has 17 heavy (non-hydrogen) atoms. The first-order valence-corrected chi connectivity index (χ1v) is 6.04. The summed E-state index contributed by atoms with van der Waals surface area (Å²) in [5, 5.41) is 8.88. The first-order chi connectivity index (χ1) is 7.81. The molecule has 1 aliphatic heterocycles. The lowest BCUT2D eigenvalue weighted by molar-refractivity contribution is -0.142. The quantitative estimate of drug-likeness (QED) is 0.770. The van der Waals surface area contributed by atoms with Crippen molar-refractivity contribution in [1.29, 1.82) is 0 Å². The molecule has 1 N–H and O–H groups in total. The molecule has 1 heterocycles. The van der Waals surface area contributed by atoms with Crippen LogP contribution in [0.4, 0.5) is 4.79 Å². The second-order valence-electron chi connectivity index (χ2n) is 4.67. The van der Waals surface area contributed by atoms with Gasteiger partial charge in [-0.1, -0.05) is 13.8 Å². The van der Waals surface area contributed by atoms with Gasteiger partial charge in [-0.25, -0.2) is 9.59 Å². The maximum Gasteiger partial charge on any atom is 0.411 e. The molecule has 1 amide bonds. The van der Waals surface area contributed by atoms with Crippen LogP contribution in [0.15, 0.2) is 0 Å². The van der Waals surface area contributed by atoms with E-state index in [-0.39, 0.29) is 0 Å². The summed E-state index contributed by atoms with van der Waals surface area (Å²) in [4.78, 5) is 23.7. The van der Waals surface area contributed by atoms with Gasteiger partial charge in [0, 0.05) is 6.54 Å². The van der Waals surface area contributed by atoms with Crippen molar-refractivity contribution in [2.45, 2.75) is 59.1 Å². The second-order valence-corrected chi connectivity index (χ2v) is 4.67. The van der Waals surface area contributed by atoms with Gasteiger partial charge in [0.2, 0.25) is 0 Å². The van der Waals surface area contributed by atoms with Crippen LogP contribution in [-0.4, -0.2) is 40.3 Å². The van der Waals surface area contributed by atoms with Gasteiger partial charge in [-0.15, -0.1) is 0 Å². The van der Waals surface area contributed by atoms with E-state index in [1.54, 1.807) is 20.8 Å². The number of rotatable bonds is 1. The minimum absolute atomic E-state index is 0.464. The van der Waals surface area contributed by atoms with Crippen molar-refractivity contribution >= 4 is 12.1 Å². The fourth-order valence-corrected chi connectivity index (χ4v) is 1.56. The number of carbonyl (C=O) groups excluding carboxylic acids is 1. The number of amides is 1. The maximum atomic E-state index is 11.6. The first-order valence-electron chi connectivity index (χ1n) is 6.04. The minimum atomic E-state index is -0.960. The van der Waals surface area contributed by atoms with Gasteiger partial charge in [0.25, 0.3) is 0 Å². The highest BCUT2D eigenvalue weighted by molar-refractivity contribution is 5.80. The Morgan fingerprint density at radius 1 is 1.29 bits per heavy atom. The van der Waals surface area contributed by atoms with E-state index in [1.807, 2.05) is 13.8 Å². The van der Waals surface area contributed by atoms with E-state index >= 15 is 0 Å². The molecule has 0 spiro atoms. The highest BCUT2D eigenvalue weighted by Gasteiger charge is 2.36. The number of hydrogen-bond donors (Lipinski definition) is 1. The summed E-state index contributed by atoms with van der Waals surface area (Å²) >= 11 is 0. The van der Waals surface area contributed by atoms with Gasteiger partial charge in [-0.2, -0.15) is 0 Å². The van der Waals surface area contributed by atoms with Crippen molar-refractivity contribution in [1.82, 2.24) is 4.90 Å². The third-order valence-electron chi connectivity index (χ3n) is 2.17. The van der Waals surface area contributed by atoms with E-state index in [0.717, 1.165) is 6.42 Å². The van der Waals surface area contributed by atoms with Crippen LogP contribution in [0.3, 0.4) is 0 Å². The molecular weight excluding hydrogens is 222 g/mol. The molecule has 0 aromatic carbocycles. The predicted molar refractivity (Wildman–Crippen MR) is 64.9 cm³/mol. The number of nitrogens with zero attached hydrogens (tertiary/aromatic N) is 1. The normalized spacial score (nSPS) is 19.4. The fraction of sp³-hybridized carbons (Fsp3) is 0.833. The molecule has 1 atom stereocenters. The molecule has 1 fully saturated rings. The van der Waals surface area contributed by atoms with Crippen molar-refractivity contribution in [3.63, 3.8) is 0 Å². The van der Waals surface area contributed by atoms with Gasteiger partial charge < -0.3 is 9.84 Å². The molecule has 0 aliphatic carbocycles. The van der Waals surface area contributed by atoms with Gasteiger partial charge in [0.05, 0.1) is 0 Å². The smallest absolute Gasteiger partial charge is 0.411 e. The minimum Gasteiger partial charge on any atom is -0.480 e. The van der Waals surface area contributed by atoms with Gasteiger partial charge in [-0.3, -0.25) is 4.90 Å². The molecular formula is C12H23NO4. The summed E-state index contributed by atoms with van der Waals surface area (Å²) in [6.45, 7) is 9.75. The number of carboxylic acids is 1. The van der Waals surface area contributed by atoms with Crippen LogP contribution in [0, 0.1) is 0 Å². The summed E-state index contributed by atoms with van der Waals surface area (Å²) in [7, 11) is 0. The molecule has 1 rings (SSSR count). The van der Waals surface area contributed by atoms with Crippen molar-refractivity contribution in [2.75, 3.05) is 6.54 Å². The van der Waals surface area contributed by atoms with E-state index in [2.05, 4.69) is 0 Å². The van der Waals surface area contributed by atoms with Gasteiger partial charge in [0.1, 0.15) is 11.6 Å². The first kappa shape index (κ1) is 15.7. The van der Waals surface area contributed by atoms with Gasteiger partial charge in [-0.05, 0) is 33.6 Å². The summed E-state index contributed by atoms with van der Waals surface area (Å²) in [6.07, 6.45) is 0.692. The van der Waals surface area contributed by atoms with Gasteiger partial charge in [0.15, 0.2) is 0 Å². The van der Waals surface area contributed by atoms with E-state index in [1.165, 1.54) is 4.90 Å². The van der Waals surface area contributed by atoms with E-state index < -0.39 is 23.7 Å². The molecule has 1 aliphatic rings. The summed E-state index contributed by atoms with van der Waals surface area (Å²) in [5.41, 5.74) is -0.581. The monoisotopic (exact) mass is 245 g/mol. The van der Waals surface area contributed by atoms with Crippen LogP contribution < -0.4 is 0 Å². The van der Waals surface area contributed by atoms with Crippen molar-refractivity contribution in [3.8, 4) is 0 Å². The third kappa shape index (κ3) is 5.06. The fourth-order valence-electron chi connectivity index (χ4n) is 1.56. The van der Waals surface area contributed by atoms with E-state index in [0.29, 0.717) is 13.0 Å². The number of aliphatic carboxylic acids is 1. The molecule has 100 valence electrons. The van der Waals surface area contributed by atoms with Crippen LogP contribution in [0.1, 0.15) is 47.5 Å². The Morgan fingerprint density at radius 2 is 1.82 bits per heavy atom. The Bertz CT molecular complexity index is 270. The molecule has 0 aromatic rings. The molecule has 0 radical (unpaired) electrons.